The van der Waals surface area contributed by atoms with Crippen LogP contribution in [0.2, 0.25) is 0 Å². The molecule has 0 saturated carbocycles. The highest BCUT2D eigenvalue weighted by Crippen LogP contribution is 1.28. The molecule has 0 unspecified atom stereocenters. The van der Waals surface area contributed by atoms with E-state index in [2.05, 4.69) is 5.73 Å². The van der Waals surface area contributed by atoms with Crippen LogP contribution in [0, 0.1) is 5.41 Å². The van der Waals surface area contributed by atoms with Gasteiger partial charge in [0.15, 0.2) is 0 Å². The summed E-state index contributed by atoms with van der Waals surface area (Å²) < 4.78 is 0. The van der Waals surface area contributed by atoms with E-state index < -0.39 is 12.1 Å². The van der Waals surface area contributed by atoms with Crippen LogP contribution in [-0.4, -0.2) is 12.1 Å². The maximum absolute atomic E-state index is 9.42. The Balaban J connectivity index is 3.32. The fourth-order valence-corrected chi connectivity index (χ4v) is 0.127. The van der Waals surface area contributed by atoms with Crippen LogP contribution in [0.3, 0.4) is 0 Å². The van der Waals surface area contributed by atoms with Crippen LogP contribution in [-0.2, 0) is 0 Å². The summed E-state index contributed by atoms with van der Waals surface area (Å²) in [6, 6.07) is 0. The average molecular weight is 103 g/mol. The molecular weight excluding hydrogens is 98.0 g/mol. The van der Waals surface area contributed by atoms with Gasteiger partial charge in [0.25, 0.3) is 12.1 Å². The number of quaternary nitrogens is 1. The standard InChI is InChI=1S/C2H5N3O2/c3-1(4)5-2(6)7/h(H,6,7)(H4,3,4,5). The second-order valence-electron chi connectivity index (χ2n) is 0.919. The lowest BCUT2D eigenvalue weighted by Crippen LogP contribution is -2.96. The summed E-state index contributed by atoms with van der Waals surface area (Å²) >= 11 is 0. The molecule has 1 amide bonds. The molecule has 5 nitrogen and oxygen atoms in total. The van der Waals surface area contributed by atoms with Gasteiger partial charge >= 0.3 is 0 Å². The van der Waals surface area contributed by atoms with E-state index in [9.17, 15) is 9.90 Å². The van der Waals surface area contributed by atoms with Crippen LogP contribution in [0.5, 0.6) is 0 Å². The summed E-state index contributed by atoms with van der Waals surface area (Å²) in [7, 11) is 0. The van der Waals surface area contributed by atoms with Crippen LogP contribution in [0.25, 0.3) is 0 Å². The van der Waals surface area contributed by atoms with E-state index in [1.165, 1.54) is 0 Å². The Kier molecular flexibility index (Phi) is 1.80. The highest BCUT2D eigenvalue weighted by Gasteiger charge is 1.89. The van der Waals surface area contributed by atoms with Gasteiger partial charge in [-0.05, 0) is 0 Å². The van der Waals surface area contributed by atoms with Gasteiger partial charge in [0.1, 0.15) is 0 Å². The minimum Gasteiger partial charge on any atom is -0.498 e. The Morgan fingerprint density at radius 1 is 1.86 bits per heavy atom. The molecule has 0 bridgehead atoms. The highest BCUT2D eigenvalue weighted by atomic mass is 16.4. The second-order valence-corrected chi connectivity index (χ2v) is 0.919. The summed E-state index contributed by atoms with van der Waals surface area (Å²) in [6.45, 7) is 0. The number of carboxylic acid groups (broad SMARTS) is 1. The van der Waals surface area contributed by atoms with Crippen LogP contribution in [0.1, 0.15) is 0 Å². The van der Waals surface area contributed by atoms with E-state index in [0.717, 1.165) is 0 Å². The van der Waals surface area contributed by atoms with E-state index in [0.29, 0.717) is 5.32 Å². The third-order valence-electron chi connectivity index (χ3n) is 0.273. The number of primary amides is 1. The van der Waals surface area contributed by atoms with Gasteiger partial charge in [0, 0.05) is 0 Å². The molecular formula is C2H5N3O2. The van der Waals surface area contributed by atoms with Gasteiger partial charge < -0.3 is 15.6 Å². The zero-order valence-corrected chi connectivity index (χ0v) is 3.47. The molecule has 0 aliphatic rings. The van der Waals surface area contributed by atoms with Crippen molar-refractivity contribution < 1.29 is 15.2 Å². The van der Waals surface area contributed by atoms with E-state index in [1.807, 2.05) is 0 Å². The van der Waals surface area contributed by atoms with Crippen LogP contribution >= 0.6 is 0 Å². The first-order valence-corrected chi connectivity index (χ1v) is 1.52. The van der Waals surface area contributed by atoms with Gasteiger partial charge in [-0.2, -0.15) is 0 Å². The molecule has 0 atom stereocenters. The molecule has 40 valence electrons. The summed E-state index contributed by atoms with van der Waals surface area (Å²) in [5.41, 5.74) is 4.60. The number of amides is 1. The molecule has 0 aliphatic heterocycles. The van der Waals surface area contributed by atoms with Crippen molar-refractivity contribution in [2.75, 3.05) is 0 Å². The number of guanidine groups is 1. The van der Waals surface area contributed by atoms with Crippen molar-refractivity contribution in [3.63, 3.8) is 0 Å². The molecule has 0 heterocycles. The molecule has 0 spiro atoms. The van der Waals surface area contributed by atoms with Gasteiger partial charge in [-0.3, -0.25) is 0 Å². The van der Waals surface area contributed by atoms with Crippen LogP contribution in [0.4, 0.5) is 4.79 Å². The molecule has 0 aromatic rings. The van der Waals surface area contributed by atoms with Gasteiger partial charge in [-0.15, -0.1) is 0 Å². The molecule has 0 aromatic heterocycles. The first-order valence-electron chi connectivity index (χ1n) is 1.52. The summed E-state index contributed by atoms with van der Waals surface area (Å²) in [5.74, 6) is -0.500. The number of nitrogens with one attached hydrogen (secondary N) is 1. The zero-order chi connectivity index (χ0) is 5.86. The lowest BCUT2D eigenvalue weighted by molar-refractivity contribution is -0.525. The average Bonchev–Trinajstić information content (AvgIpc) is 1.27. The fourth-order valence-electron chi connectivity index (χ4n) is 0.127. The lowest BCUT2D eigenvalue weighted by atomic mass is 10.9. The highest BCUT2D eigenvalue weighted by molar-refractivity contribution is 5.72. The van der Waals surface area contributed by atoms with Crippen molar-refractivity contribution in [3.8, 4) is 0 Å². The predicted octanol–water partition coefficient (Wildman–Crippen LogP) is -3.21. The lowest BCUT2D eigenvalue weighted by Gasteiger charge is -1.91. The van der Waals surface area contributed by atoms with E-state index in [-0.39, 0.29) is 0 Å². The van der Waals surface area contributed by atoms with Gasteiger partial charge in [-0.1, -0.05) is 0 Å². The summed E-state index contributed by atoms with van der Waals surface area (Å²) in [5, 5.41) is 16.2. The largest absolute Gasteiger partial charge is 0.498 e. The quantitative estimate of drug-likeness (QED) is 0.222. The summed E-state index contributed by atoms with van der Waals surface area (Å²) in [6.07, 6.45) is -1.44. The van der Waals surface area contributed by atoms with Crippen molar-refractivity contribution in [2.45, 2.75) is 0 Å². The maximum atomic E-state index is 9.42. The second kappa shape index (κ2) is 2.14. The first-order chi connectivity index (χ1) is 3.13. The third-order valence-corrected chi connectivity index (χ3v) is 0.273. The molecule has 7 heavy (non-hydrogen) atoms. The fraction of sp³-hybridized carbons (Fsp3) is 0. The molecule has 0 fully saturated rings. The summed E-state index contributed by atoms with van der Waals surface area (Å²) in [4.78, 5) is 9.42. The van der Waals surface area contributed by atoms with E-state index in [4.69, 9.17) is 5.41 Å². The zero-order valence-electron chi connectivity index (χ0n) is 3.47. The number of carbonyl (C=O) groups is 1. The van der Waals surface area contributed by atoms with Crippen molar-refractivity contribution in [1.29, 1.82) is 5.41 Å². The molecule has 5 heteroatoms. The van der Waals surface area contributed by atoms with Crippen molar-refractivity contribution in [2.24, 2.45) is 5.73 Å². The molecule has 0 saturated heterocycles. The Morgan fingerprint density at radius 2 is 2.29 bits per heavy atom. The minimum absolute atomic E-state index is 0.500. The Labute approximate surface area is 39.6 Å². The first kappa shape index (κ1) is 5.90. The van der Waals surface area contributed by atoms with E-state index in [1.54, 1.807) is 0 Å². The SMILES string of the molecule is N=C(N)[NH2+]C(=O)[O-]. The van der Waals surface area contributed by atoms with Gasteiger partial charge in [0.2, 0.25) is 0 Å². The van der Waals surface area contributed by atoms with Crippen molar-refractivity contribution in [1.82, 2.24) is 0 Å². The van der Waals surface area contributed by atoms with Crippen molar-refractivity contribution in [3.05, 3.63) is 0 Å². The number of nitrogens with two attached hydrogens (primary N) is 2. The van der Waals surface area contributed by atoms with Crippen LogP contribution in [0.15, 0.2) is 0 Å². The molecule has 0 aliphatic carbocycles. The molecule has 0 aromatic carbocycles. The third kappa shape index (κ3) is 4.90. The minimum atomic E-state index is -1.44. The molecule has 5 N–H and O–H groups in total. The number of hydrogen-bond donors (Lipinski definition) is 3. The van der Waals surface area contributed by atoms with Crippen LogP contribution < -0.4 is 16.2 Å². The monoisotopic (exact) mass is 103 g/mol. The van der Waals surface area contributed by atoms with E-state index >= 15 is 0 Å². The topological polar surface area (TPSA) is 107 Å². The maximum Gasteiger partial charge on any atom is 0.295 e. The normalized spacial score (nSPS) is 8.00. The van der Waals surface area contributed by atoms with Gasteiger partial charge in [-0.25, -0.2) is 10.7 Å². The number of rotatable bonds is 0. The van der Waals surface area contributed by atoms with Crippen molar-refractivity contribution >= 4 is 12.1 Å². The smallest absolute Gasteiger partial charge is 0.295 e. The molecule has 0 radical (unpaired) electrons. The Bertz CT molecular complexity index is 87.1. The van der Waals surface area contributed by atoms with Gasteiger partial charge in [0.05, 0.1) is 0 Å². The molecule has 0 rings (SSSR count). The number of hydrogen-bond acceptors (Lipinski definition) is 3. The Morgan fingerprint density at radius 3 is 2.29 bits per heavy atom. The predicted molar refractivity (Wildman–Crippen MR) is 19.2 cm³/mol. The number of carbonyl (C=O) groups excluding carboxylic acids is 1. The Hall–Kier alpha value is -1.10.